The molecule has 2 nitrogen and oxygen atoms in total. The Hall–Kier alpha value is -2.61. The van der Waals surface area contributed by atoms with Gasteiger partial charge in [-0.25, -0.2) is 0 Å². The first-order chi connectivity index (χ1) is 16.5. The van der Waals surface area contributed by atoms with Gasteiger partial charge in [-0.15, -0.1) is 0 Å². The van der Waals surface area contributed by atoms with Gasteiger partial charge < -0.3 is 4.57 Å². The van der Waals surface area contributed by atoms with Crippen LogP contribution in [0.5, 0.6) is 0 Å². The fraction of sp³-hybridized carbons (Fsp3) is 0.485. The molecule has 0 spiro atoms. The van der Waals surface area contributed by atoms with Crippen LogP contribution < -0.4 is 0 Å². The molecule has 2 heterocycles. The molecule has 35 heavy (non-hydrogen) atoms. The Kier molecular flexibility index (Phi) is 27.7. The minimum atomic E-state index is 0. The first-order valence-electron chi connectivity index (χ1n) is 13.3. The van der Waals surface area contributed by atoms with Crippen molar-refractivity contribution in [3.63, 3.8) is 0 Å². The molecule has 0 aliphatic carbocycles. The van der Waals surface area contributed by atoms with Crippen LogP contribution in [0, 0.1) is 27.7 Å². The van der Waals surface area contributed by atoms with Gasteiger partial charge >= 0.3 is 0 Å². The fourth-order valence-electron chi connectivity index (χ4n) is 3.45. The second-order valence-corrected chi connectivity index (χ2v) is 6.32. The summed E-state index contributed by atoms with van der Waals surface area (Å²) in [6, 6.07) is 14.4. The molecular formula is C33H58N2. The second-order valence-electron chi connectivity index (χ2n) is 6.32. The average Bonchev–Trinajstić information content (AvgIpc) is 3.25. The third-order valence-corrected chi connectivity index (χ3v) is 5.09. The van der Waals surface area contributed by atoms with Gasteiger partial charge in [0.2, 0.25) is 0 Å². The molecule has 2 aromatic heterocycles. The van der Waals surface area contributed by atoms with E-state index in [1.165, 1.54) is 44.1 Å². The Labute approximate surface area is 219 Å². The van der Waals surface area contributed by atoms with Crippen molar-refractivity contribution in [1.82, 2.24) is 9.55 Å². The lowest BCUT2D eigenvalue weighted by Gasteiger charge is -2.12. The van der Waals surface area contributed by atoms with Crippen LogP contribution >= 0.6 is 0 Å². The quantitative estimate of drug-likeness (QED) is 0.243. The van der Waals surface area contributed by atoms with E-state index in [4.69, 9.17) is 0 Å². The van der Waals surface area contributed by atoms with Gasteiger partial charge in [-0.1, -0.05) is 101 Å². The van der Waals surface area contributed by atoms with Gasteiger partial charge in [0, 0.05) is 35.7 Å². The van der Waals surface area contributed by atoms with Crippen LogP contribution in [0.4, 0.5) is 0 Å². The molecule has 0 unspecified atom stereocenters. The third-order valence-electron chi connectivity index (χ3n) is 5.09. The predicted molar refractivity (Wildman–Crippen MR) is 167 cm³/mol. The zero-order valence-electron chi connectivity index (χ0n) is 25.1. The first kappa shape index (κ1) is 39.6. The Morgan fingerprint density at radius 3 is 1.37 bits per heavy atom. The number of fused-ring (bicyclic) bond motifs is 3. The summed E-state index contributed by atoms with van der Waals surface area (Å²) in [6.45, 7) is 29.0. The molecule has 0 aliphatic heterocycles. The highest BCUT2D eigenvalue weighted by Gasteiger charge is 2.15. The lowest BCUT2D eigenvalue weighted by Crippen LogP contribution is -1.96. The summed E-state index contributed by atoms with van der Waals surface area (Å²) >= 11 is 0. The zero-order chi connectivity index (χ0) is 27.3. The maximum Gasteiger partial charge on any atom is 0.0523 e. The number of aromatic nitrogens is 2. The van der Waals surface area contributed by atoms with Gasteiger partial charge in [0.05, 0.1) is 5.52 Å². The van der Waals surface area contributed by atoms with Gasteiger partial charge in [0.1, 0.15) is 0 Å². The van der Waals surface area contributed by atoms with Gasteiger partial charge in [0.15, 0.2) is 0 Å². The number of para-hydroxylation sites is 1. The normalized spacial score (nSPS) is 8.20. The van der Waals surface area contributed by atoms with Crippen LogP contribution in [0.3, 0.4) is 0 Å². The highest BCUT2D eigenvalue weighted by molar-refractivity contribution is 6.11. The Bertz CT molecular complexity index is 970. The fourth-order valence-corrected chi connectivity index (χ4v) is 3.45. The third kappa shape index (κ3) is 10.7. The van der Waals surface area contributed by atoms with Crippen molar-refractivity contribution >= 4 is 21.8 Å². The molecule has 2 heteroatoms. The molecule has 0 fully saturated rings. The topological polar surface area (TPSA) is 17.8 Å². The van der Waals surface area contributed by atoms with Gasteiger partial charge in [0.25, 0.3) is 0 Å². The summed E-state index contributed by atoms with van der Waals surface area (Å²) in [5.74, 6) is 0. The van der Waals surface area contributed by atoms with Crippen LogP contribution in [0.2, 0.25) is 0 Å². The molecule has 4 rings (SSSR count). The largest absolute Gasteiger partial charge is 0.343 e. The summed E-state index contributed by atoms with van der Waals surface area (Å²) in [6.07, 6.45) is 3.50. The van der Waals surface area contributed by atoms with Crippen molar-refractivity contribution in [2.24, 2.45) is 7.05 Å². The molecular weight excluding hydrogens is 424 g/mol. The number of aryl methyl sites for hydroxylation is 3. The highest BCUT2D eigenvalue weighted by Crippen LogP contribution is 2.36. The maximum atomic E-state index is 3.78. The van der Waals surface area contributed by atoms with Crippen LogP contribution in [-0.2, 0) is 7.05 Å². The molecule has 4 aromatic rings. The Balaban J connectivity index is -0.000000238. The van der Waals surface area contributed by atoms with E-state index in [-0.39, 0.29) is 7.43 Å². The van der Waals surface area contributed by atoms with Crippen molar-refractivity contribution in [2.75, 3.05) is 0 Å². The molecule has 0 N–H and O–H groups in total. The average molecular weight is 483 g/mol. The molecule has 0 atom stereocenters. The second kappa shape index (κ2) is 24.5. The van der Waals surface area contributed by atoms with Crippen molar-refractivity contribution in [1.29, 1.82) is 0 Å². The van der Waals surface area contributed by atoms with Crippen LogP contribution in [-0.4, -0.2) is 9.55 Å². The maximum absolute atomic E-state index is 3.78. The summed E-state index contributed by atoms with van der Waals surface area (Å²) in [5.41, 5.74) is 8.39. The SMILES string of the molecule is C.CC.CC.CC.CC.CC.Cc1c(C)c(C)c2c(c1C)c1ccccc1n2C.c1ccncc1. The number of benzene rings is 2. The predicted octanol–water partition coefficient (Wildman–Crippen LogP) is 11.4. The highest BCUT2D eigenvalue weighted by atomic mass is 14.9. The molecule has 0 bridgehead atoms. The Morgan fingerprint density at radius 1 is 0.543 bits per heavy atom. The molecule has 0 radical (unpaired) electrons. The summed E-state index contributed by atoms with van der Waals surface area (Å²) in [7, 11) is 2.17. The first-order valence-corrected chi connectivity index (χ1v) is 13.3. The summed E-state index contributed by atoms with van der Waals surface area (Å²) in [5, 5.41) is 2.80. The zero-order valence-corrected chi connectivity index (χ0v) is 25.1. The smallest absolute Gasteiger partial charge is 0.0523 e. The van der Waals surface area contributed by atoms with Crippen molar-refractivity contribution in [3.8, 4) is 0 Å². The van der Waals surface area contributed by atoms with E-state index in [0.717, 1.165) is 0 Å². The molecule has 0 saturated carbocycles. The number of pyridine rings is 1. The van der Waals surface area contributed by atoms with E-state index in [0.29, 0.717) is 0 Å². The van der Waals surface area contributed by atoms with Crippen molar-refractivity contribution in [3.05, 3.63) is 77.1 Å². The van der Waals surface area contributed by atoms with E-state index >= 15 is 0 Å². The molecule has 0 saturated heterocycles. The van der Waals surface area contributed by atoms with E-state index in [1.807, 2.05) is 87.4 Å². The number of hydrogen-bond acceptors (Lipinski definition) is 1. The lowest BCUT2D eigenvalue weighted by atomic mass is 9.94. The Morgan fingerprint density at radius 2 is 0.971 bits per heavy atom. The van der Waals surface area contributed by atoms with Crippen molar-refractivity contribution in [2.45, 2.75) is 104 Å². The molecule has 0 amide bonds. The lowest BCUT2D eigenvalue weighted by molar-refractivity contribution is 1.00. The van der Waals surface area contributed by atoms with Crippen LogP contribution in [0.15, 0.2) is 54.9 Å². The minimum absolute atomic E-state index is 0. The van der Waals surface area contributed by atoms with E-state index in [1.54, 1.807) is 12.4 Å². The monoisotopic (exact) mass is 482 g/mol. The standard InChI is InChI=1S/C17H19N.C5H5N.5C2H6.CH4/c1-10-11(2)13(4)17-16(12(10)3)14-8-6-7-9-15(14)18(17)5;1-2-4-6-5-3-1;5*1-2;/h6-9H,1-5H3;1-5H;5*1-2H3;1H4. The molecule has 2 aromatic carbocycles. The molecule has 200 valence electrons. The van der Waals surface area contributed by atoms with Crippen LogP contribution in [0.25, 0.3) is 21.8 Å². The molecule has 0 aliphatic rings. The van der Waals surface area contributed by atoms with E-state index in [2.05, 4.69) is 68.6 Å². The summed E-state index contributed by atoms with van der Waals surface area (Å²) < 4.78 is 2.33. The van der Waals surface area contributed by atoms with Gasteiger partial charge in [-0.3, -0.25) is 4.98 Å². The summed E-state index contributed by atoms with van der Waals surface area (Å²) in [4.78, 5) is 3.78. The number of hydrogen-bond donors (Lipinski definition) is 0. The minimum Gasteiger partial charge on any atom is -0.343 e. The van der Waals surface area contributed by atoms with Crippen molar-refractivity contribution < 1.29 is 0 Å². The van der Waals surface area contributed by atoms with E-state index in [9.17, 15) is 0 Å². The van der Waals surface area contributed by atoms with Gasteiger partial charge in [-0.05, 0) is 68.1 Å². The van der Waals surface area contributed by atoms with E-state index < -0.39 is 0 Å². The number of rotatable bonds is 0. The van der Waals surface area contributed by atoms with Crippen LogP contribution in [0.1, 0.15) is 98.9 Å². The van der Waals surface area contributed by atoms with Gasteiger partial charge in [-0.2, -0.15) is 0 Å². The number of nitrogens with zero attached hydrogens (tertiary/aromatic N) is 2.